The summed E-state index contributed by atoms with van der Waals surface area (Å²) < 4.78 is 0.182. The van der Waals surface area contributed by atoms with Crippen LogP contribution in [0.1, 0.15) is 41.6 Å². The molecule has 0 aromatic heterocycles. The van der Waals surface area contributed by atoms with Gasteiger partial charge in [-0.25, -0.2) is 4.79 Å². The number of hydrogen-bond donors (Lipinski definition) is 3. The molecule has 0 spiro atoms. The van der Waals surface area contributed by atoms with Crippen LogP contribution in [0.3, 0.4) is 0 Å². The molecule has 1 aliphatic rings. The van der Waals surface area contributed by atoms with Crippen LogP contribution in [0.2, 0.25) is 0 Å². The van der Waals surface area contributed by atoms with Gasteiger partial charge in [0, 0.05) is 17.8 Å². The van der Waals surface area contributed by atoms with Gasteiger partial charge >= 0.3 is 17.9 Å². The molecule has 2 aromatic carbocycles. The smallest absolute Gasteiger partial charge is 0.336 e. The van der Waals surface area contributed by atoms with E-state index in [1.54, 1.807) is 36.4 Å². The lowest BCUT2D eigenvalue weighted by molar-refractivity contribution is -0.138. The minimum absolute atomic E-state index is 0.0993. The molecule has 1 atom stereocenters. The molecular formula is C22H19NO7S2. The number of nitrogens with zero attached hydrogens (tertiary/aromatic N) is 1. The molecule has 166 valence electrons. The normalized spacial score (nSPS) is 16.0. The molecule has 1 fully saturated rings. The second-order valence-corrected chi connectivity index (χ2v) is 8.82. The number of benzene rings is 2. The minimum Gasteiger partial charge on any atom is -0.481 e. The number of hydrogen-bond acceptors (Lipinski definition) is 6. The summed E-state index contributed by atoms with van der Waals surface area (Å²) in [5, 5.41) is 28.9. The maximum atomic E-state index is 13.1. The third-order valence-corrected chi connectivity index (χ3v) is 6.31. The van der Waals surface area contributed by atoms with E-state index >= 15 is 0 Å². The Morgan fingerprint density at radius 2 is 1.75 bits per heavy atom. The number of aliphatic carboxylic acids is 2. The van der Waals surface area contributed by atoms with Crippen molar-refractivity contribution in [3.63, 3.8) is 0 Å². The van der Waals surface area contributed by atoms with Crippen molar-refractivity contribution in [3.8, 4) is 0 Å². The quantitative estimate of drug-likeness (QED) is 0.367. The number of thioether (sulfide) groups is 1. The summed E-state index contributed by atoms with van der Waals surface area (Å²) in [5.41, 5.74) is 0.629. The number of thiocarbonyl (C=S) groups is 1. The lowest BCUT2D eigenvalue weighted by atomic mass is 9.98. The van der Waals surface area contributed by atoms with Crippen molar-refractivity contribution in [1.82, 2.24) is 4.90 Å². The van der Waals surface area contributed by atoms with E-state index in [0.717, 1.165) is 11.8 Å². The first kappa shape index (κ1) is 23.4. The first-order chi connectivity index (χ1) is 15.2. The first-order valence-electron chi connectivity index (χ1n) is 9.64. The molecule has 0 aliphatic carbocycles. The second kappa shape index (κ2) is 9.92. The second-order valence-electron chi connectivity index (χ2n) is 7.15. The van der Waals surface area contributed by atoms with Gasteiger partial charge in [-0.2, -0.15) is 0 Å². The van der Waals surface area contributed by atoms with E-state index < -0.39 is 29.9 Å². The number of carboxylic acid groups (broad SMARTS) is 3. The highest BCUT2D eigenvalue weighted by Crippen LogP contribution is 2.37. The zero-order valence-electron chi connectivity index (χ0n) is 16.7. The highest BCUT2D eigenvalue weighted by atomic mass is 32.2. The number of fused-ring (bicyclic) bond motifs is 1. The molecule has 2 aromatic rings. The molecule has 8 nitrogen and oxygen atoms in total. The summed E-state index contributed by atoms with van der Waals surface area (Å²) in [4.78, 5) is 48.4. The van der Waals surface area contributed by atoms with Gasteiger partial charge in [-0.05, 0) is 35.9 Å². The van der Waals surface area contributed by atoms with Crippen LogP contribution < -0.4 is 0 Å². The van der Waals surface area contributed by atoms with E-state index in [9.17, 15) is 29.4 Å². The average molecular weight is 474 g/mol. The fraction of sp³-hybridized carbons (Fsp3) is 0.227. The van der Waals surface area contributed by atoms with Crippen molar-refractivity contribution in [2.24, 2.45) is 0 Å². The Morgan fingerprint density at radius 3 is 2.38 bits per heavy atom. The summed E-state index contributed by atoms with van der Waals surface area (Å²) in [7, 11) is 0. The van der Waals surface area contributed by atoms with E-state index in [1.807, 2.05) is 0 Å². The van der Waals surface area contributed by atoms with E-state index in [4.69, 9.17) is 17.3 Å². The molecule has 3 N–H and O–H groups in total. The lowest BCUT2D eigenvalue weighted by Crippen LogP contribution is -2.40. The minimum atomic E-state index is -1.12. The van der Waals surface area contributed by atoms with Gasteiger partial charge < -0.3 is 15.3 Å². The van der Waals surface area contributed by atoms with Crippen LogP contribution in [0.15, 0.2) is 41.3 Å². The molecule has 0 radical (unpaired) electrons. The topological polar surface area (TPSA) is 132 Å². The van der Waals surface area contributed by atoms with E-state index in [2.05, 4.69) is 0 Å². The summed E-state index contributed by atoms with van der Waals surface area (Å²) in [6, 6.07) is 9.35. The molecule has 1 amide bonds. The van der Waals surface area contributed by atoms with Gasteiger partial charge in [0.25, 0.3) is 5.91 Å². The number of aromatic carboxylic acids is 1. The van der Waals surface area contributed by atoms with Gasteiger partial charge in [-0.15, -0.1) is 0 Å². The summed E-state index contributed by atoms with van der Waals surface area (Å²) >= 11 is 6.34. The van der Waals surface area contributed by atoms with E-state index in [1.165, 1.54) is 11.0 Å². The Balaban J connectivity index is 1.97. The predicted octanol–water partition coefficient (Wildman–Crippen LogP) is 3.84. The third-order valence-electron chi connectivity index (χ3n) is 4.98. The summed E-state index contributed by atoms with van der Waals surface area (Å²) in [5.74, 6) is -3.70. The Bertz CT molecular complexity index is 1150. The molecule has 1 heterocycles. The van der Waals surface area contributed by atoms with Gasteiger partial charge in [0.05, 0.1) is 16.9 Å². The van der Waals surface area contributed by atoms with Crippen molar-refractivity contribution < 1.29 is 34.5 Å². The van der Waals surface area contributed by atoms with Crippen LogP contribution in [0, 0.1) is 0 Å². The largest absolute Gasteiger partial charge is 0.481 e. The van der Waals surface area contributed by atoms with E-state index in [-0.39, 0.29) is 40.5 Å². The Morgan fingerprint density at radius 1 is 1.06 bits per heavy atom. The van der Waals surface area contributed by atoms with Crippen LogP contribution in [0.25, 0.3) is 16.8 Å². The highest BCUT2D eigenvalue weighted by molar-refractivity contribution is 8.26. The monoisotopic (exact) mass is 473 g/mol. The maximum absolute atomic E-state index is 13.1. The van der Waals surface area contributed by atoms with Gasteiger partial charge in [0.2, 0.25) is 0 Å². The Labute approximate surface area is 192 Å². The van der Waals surface area contributed by atoms with Crippen molar-refractivity contribution in [1.29, 1.82) is 0 Å². The molecule has 0 bridgehead atoms. The van der Waals surface area contributed by atoms with Gasteiger partial charge in [0.15, 0.2) is 0 Å². The highest BCUT2D eigenvalue weighted by Gasteiger charge is 2.38. The molecule has 1 aliphatic heterocycles. The molecule has 0 saturated carbocycles. The fourth-order valence-corrected chi connectivity index (χ4v) is 5.01. The molecule has 1 unspecified atom stereocenters. The van der Waals surface area contributed by atoms with Gasteiger partial charge in [-0.3, -0.25) is 19.3 Å². The maximum Gasteiger partial charge on any atom is 0.336 e. The van der Waals surface area contributed by atoms with Gasteiger partial charge in [0.1, 0.15) is 4.32 Å². The van der Waals surface area contributed by atoms with Crippen molar-refractivity contribution >= 4 is 69.0 Å². The van der Waals surface area contributed by atoms with Crippen molar-refractivity contribution in [2.75, 3.05) is 0 Å². The van der Waals surface area contributed by atoms with Crippen LogP contribution >= 0.6 is 24.0 Å². The molecule has 10 heteroatoms. The SMILES string of the molecule is O=C(O)CCCC(CC(=O)O)N1C(=O)C(=Cc2cccc3cccc(C(=O)O)c23)SC1=S. The Kier molecular flexibility index (Phi) is 7.26. The zero-order chi connectivity index (χ0) is 23.4. The van der Waals surface area contributed by atoms with Crippen LogP contribution in [-0.2, 0) is 14.4 Å². The lowest BCUT2D eigenvalue weighted by Gasteiger charge is -2.25. The number of carbonyl (C=O) groups excluding carboxylic acids is 1. The number of carbonyl (C=O) groups is 4. The number of rotatable bonds is 9. The van der Waals surface area contributed by atoms with Crippen LogP contribution in [0.4, 0.5) is 0 Å². The molecule has 1 saturated heterocycles. The van der Waals surface area contributed by atoms with Crippen molar-refractivity contribution in [3.05, 3.63) is 52.4 Å². The zero-order valence-corrected chi connectivity index (χ0v) is 18.3. The molecular weight excluding hydrogens is 454 g/mol. The first-order valence-corrected chi connectivity index (χ1v) is 10.9. The van der Waals surface area contributed by atoms with Crippen molar-refractivity contribution in [2.45, 2.75) is 31.7 Å². The molecule has 32 heavy (non-hydrogen) atoms. The van der Waals surface area contributed by atoms with Crippen LogP contribution in [0.5, 0.6) is 0 Å². The van der Waals surface area contributed by atoms with E-state index in [0.29, 0.717) is 16.3 Å². The van der Waals surface area contributed by atoms with Gasteiger partial charge in [-0.1, -0.05) is 54.3 Å². The number of carboxylic acids is 3. The Hall–Kier alpha value is -3.24. The number of amides is 1. The fourth-order valence-electron chi connectivity index (χ4n) is 3.62. The predicted molar refractivity (Wildman–Crippen MR) is 123 cm³/mol. The summed E-state index contributed by atoms with van der Waals surface area (Å²) in [6.07, 6.45) is 1.43. The average Bonchev–Trinajstić information content (AvgIpc) is 2.99. The molecule has 3 rings (SSSR count). The van der Waals surface area contributed by atoms with Crippen LogP contribution in [-0.4, -0.2) is 54.4 Å². The standard InChI is InChI=1S/C22H19NO7S2/c24-17(25)9-3-7-14(11-18(26)27)23-20(28)16(32-22(23)31)10-13-6-1-4-12-5-2-8-15(19(12)13)21(29)30/h1-2,4-6,8,10,14H,3,7,9,11H2,(H,24,25)(H,26,27)(H,29,30). The third kappa shape index (κ3) is 5.14. The summed E-state index contributed by atoms with van der Waals surface area (Å²) in [6.45, 7) is 0.